The second-order valence-electron chi connectivity index (χ2n) is 13.5. The molecule has 3 heterocycles. The summed E-state index contributed by atoms with van der Waals surface area (Å²) in [6.07, 6.45) is 16.1. The number of unbranched alkanes of at least 4 members (excludes halogenated alkanes) is 6. The third kappa shape index (κ3) is 26.5. The number of nitrogens with one attached hydrogen (secondary N) is 2. The Morgan fingerprint density at radius 3 is 1.56 bits per heavy atom. The molecule has 1 saturated heterocycles. The number of nitro benzene ring substituents is 1. The van der Waals surface area contributed by atoms with Gasteiger partial charge in [-0.25, -0.2) is 0 Å². The fraction of sp³-hybridized carbons (Fsp3) is 0.548. The first-order valence-corrected chi connectivity index (χ1v) is 23.5. The summed E-state index contributed by atoms with van der Waals surface area (Å²) in [4.78, 5) is 117. The molecular weight excluding hydrogens is 962 g/mol. The maximum Gasteiger partial charge on any atom is 1.00 e. The summed E-state index contributed by atoms with van der Waals surface area (Å²) in [6, 6.07) is 3.64. The number of rotatable bonds is 24. The van der Waals surface area contributed by atoms with E-state index in [9.17, 15) is 58.5 Å². The molecule has 0 spiro atoms. The van der Waals surface area contributed by atoms with Crippen LogP contribution in [0.4, 0.5) is 5.69 Å². The zero-order valence-corrected chi connectivity index (χ0v) is 43.1. The number of carbonyl (C=O) groups is 9. The number of hydrogen-bond donors (Lipinski definition) is 3. The topological polar surface area (TPSA) is 307 Å². The van der Waals surface area contributed by atoms with Crippen molar-refractivity contribution in [3.05, 3.63) is 52.6 Å². The smallest absolute Gasteiger partial charge is 0.796 e. The Kier molecular flexibility index (Phi) is 40.7. The summed E-state index contributed by atoms with van der Waals surface area (Å²) in [6.45, 7) is 1.19. The molecule has 4 rings (SSSR count). The summed E-state index contributed by atoms with van der Waals surface area (Å²) >= 11 is 5.99. The molecule has 68 heavy (non-hydrogen) atoms. The summed E-state index contributed by atoms with van der Waals surface area (Å²) < 4.78 is 9.11. The van der Waals surface area contributed by atoms with Gasteiger partial charge in [0.15, 0.2) is 0 Å². The number of ether oxygens (including phenoxy) is 1. The van der Waals surface area contributed by atoms with Gasteiger partial charge >= 0.3 is 41.2 Å². The van der Waals surface area contributed by atoms with Crippen molar-refractivity contribution in [3.8, 4) is 5.75 Å². The number of carbonyl (C=O) groups excluding carboxylic acids is 9. The van der Waals surface area contributed by atoms with Crippen LogP contribution in [0.1, 0.15) is 90.9 Å². The molecule has 376 valence electrons. The number of hydrogen-bond acceptors (Lipinski definition) is 19. The Morgan fingerprint density at radius 2 is 1.18 bits per heavy atom. The number of nitro groups is 1. The van der Waals surface area contributed by atoms with Crippen molar-refractivity contribution in [1.82, 2.24) is 25.3 Å². The molecule has 26 heteroatoms. The van der Waals surface area contributed by atoms with Crippen LogP contribution < -0.4 is 55.9 Å². The van der Waals surface area contributed by atoms with Crippen LogP contribution in [0.3, 0.4) is 0 Å². The van der Waals surface area contributed by atoms with Gasteiger partial charge in [0.05, 0.1) is 22.2 Å². The largest absolute Gasteiger partial charge is 1.00 e. The average Bonchev–Trinajstić information content (AvgIpc) is 3.93. The van der Waals surface area contributed by atoms with E-state index in [1.54, 1.807) is 20.4 Å². The normalized spacial score (nSPS) is 14.2. The monoisotopic (exact) mass is 1020 g/mol. The number of amides is 8. The van der Waals surface area contributed by atoms with Gasteiger partial charge < -0.3 is 39.0 Å². The number of nitrogens with zero attached hydrogens (tertiary/aromatic N) is 4. The van der Waals surface area contributed by atoms with Crippen LogP contribution in [-0.2, 0) is 65.2 Å². The molecule has 4 N–H and O–H groups in total. The third-order valence-electron chi connectivity index (χ3n) is 9.19. The molecule has 0 aromatic heterocycles. The van der Waals surface area contributed by atoms with Crippen LogP contribution in [0, 0.1) is 10.1 Å². The Bertz CT molecular complexity index is 1820. The summed E-state index contributed by atoms with van der Waals surface area (Å²) in [5.41, 5.74) is 4.03. The first-order valence-electron chi connectivity index (χ1n) is 20.6. The minimum atomic E-state index is -0.733. The van der Waals surface area contributed by atoms with Gasteiger partial charge in [0, 0.05) is 94.7 Å². The number of thioether (sulfide) groups is 1. The molecule has 1 unspecified atom stereocenters. The van der Waals surface area contributed by atoms with Gasteiger partial charge in [-0.2, -0.15) is 22.4 Å². The molecule has 0 aliphatic carbocycles. The maximum absolute atomic E-state index is 11.9. The Labute approximate surface area is 433 Å². The van der Waals surface area contributed by atoms with Crippen molar-refractivity contribution in [2.45, 2.75) is 101 Å². The molecule has 1 fully saturated rings. The van der Waals surface area contributed by atoms with Crippen molar-refractivity contribution >= 4 is 95.3 Å². The van der Waals surface area contributed by atoms with Crippen molar-refractivity contribution in [2.75, 3.05) is 53.3 Å². The van der Waals surface area contributed by atoms with Gasteiger partial charge in [0.2, 0.25) is 29.4 Å². The molecule has 1 atom stereocenters. The van der Waals surface area contributed by atoms with E-state index >= 15 is 0 Å². The average molecular weight is 1030 g/mol. The van der Waals surface area contributed by atoms with Crippen LogP contribution in [-0.4, -0.2) is 131 Å². The molecule has 22 nitrogen and oxygen atoms in total. The molecule has 3 aliphatic rings. The van der Waals surface area contributed by atoms with Gasteiger partial charge in [0.25, 0.3) is 23.6 Å². The van der Waals surface area contributed by atoms with Gasteiger partial charge in [-0.3, -0.25) is 73.0 Å². The fourth-order valence-electron chi connectivity index (χ4n) is 5.81. The molecule has 1 aromatic carbocycles. The van der Waals surface area contributed by atoms with Crippen LogP contribution in [0.25, 0.3) is 0 Å². The first kappa shape index (κ1) is 68.1. The maximum atomic E-state index is 11.9. The van der Waals surface area contributed by atoms with Crippen molar-refractivity contribution in [1.29, 1.82) is 0 Å². The van der Waals surface area contributed by atoms with Crippen molar-refractivity contribution in [2.24, 2.45) is 5.73 Å². The van der Waals surface area contributed by atoms with E-state index in [1.807, 2.05) is 6.26 Å². The molecule has 1 aromatic rings. The zero-order chi connectivity index (χ0) is 50.0. The minimum absolute atomic E-state index is 0. The molecule has 0 bridgehead atoms. The fourth-order valence-corrected chi connectivity index (χ4v) is 6.84. The van der Waals surface area contributed by atoms with E-state index in [2.05, 4.69) is 38.4 Å². The zero-order valence-electron chi connectivity index (χ0n) is 38.6. The number of likely N-dealkylation sites (tertiary alicyclic amines) is 1. The van der Waals surface area contributed by atoms with E-state index in [-0.39, 0.29) is 113 Å². The predicted molar refractivity (Wildman–Crippen MR) is 251 cm³/mol. The second-order valence-corrected chi connectivity index (χ2v) is 15.3. The van der Waals surface area contributed by atoms with Gasteiger partial charge in [-0.05, 0) is 64.0 Å². The van der Waals surface area contributed by atoms with Crippen molar-refractivity contribution < 1.29 is 97.0 Å². The van der Waals surface area contributed by atoms with Crippen LogP contribution >= 0.6 is 23.8 Å². The minimum Gasteiger partial charge on any atom is -0.796 e. The number of esters is 1. The Balaban J connectivity index is -0.000000925. The third-order valence-corrected chi connectivity index (χ3v) is 10.7. The van der Waals surface area contributed by atoms with E-state index in [0.717, 1.165) is 49.5 Å². The molecular formula is C42H63N7NaO15S3-. The predicted octanol–water partition coefficient (Wildman–Crippen LogP) is -0.405. The Hall–Kier alpha value is -4.18. The van der Waals surface area contributed by atoms with Crippen LogP contribution in [0.5, 0.6) is 5.75 Å². The quantitative estimate of drug-likeness (QED) is 0.0113. The van der Waals surface area contributed by atoms with Gasteiger partial charge in [0.1, 0.15) is 0 Å². The van der Waals surface area contributed by atoms with Crippen LogP contribution in [0.2, 0.25) is 0 Å². The molecule has 3 aliphatic heterocycles. The van der Waals surface area contributed by atoms with Crippen LogP contribution in [0.15, 0.2) is 47.4 Å². The second kappa shape index (κ2) is 40.7. The number of benzene rings is 1. The van der Waals surface area contributed by atoms with Crippen molar-refractivity contribution in [3.63, 3.8) is 0 Å². The summed E-state index contributed by atoms with van der Waals surface area (Å²) in [5.74, 6) is -2.15. The summed E-state index contributed by atoms with van der Waals surface area (Å²) in [5, 5.41) is 29.0. The number of imide groups is 3. The van der Waals surface area contributed by atoms with E-state index < -0.39 is 16.6 Å². The number of nitrogens with two attached hydrogens (primary N) is 1. The first-order chi connectivity index (χ1) is 31.7. The van der Waals surface area contributed by atoms with E-state index in [4.69, 9.17) is 4.74 Å². The molecule has 8 amide bonds. The SMILES string of the molecule is C.CN.CNC(=O)CCCCCN1C(=O)C=CC1=O.CNC(=O)CCCCCN1C(=O)CC(SC)C1=O.C[S-].O=C(CCCCCN1C(=O)C=CC1=O)Oc1ccc(SOO[O-])cc1[N+](=O)[O-].[Na+]. The van der Waals surface area contributed by atoms with Gasteiger partial charge in [-0.1, -0.05) is 26.7 Å². The summed E-state index contributed by atoms with van der Waals surface area (Å²) in [7, 11) is 4.72. The van der Waals surface area contributed by atoms with E-state index in [1.165, 1.54) is 65.0 Å². The standard InChI is InChI=1S/C16H16N2O9S.C12H20N2O3S.C11H16N2O3.CH5N.CH4S.CH4.Na/c19-14-7-8-15(20)17(14)9-3-1-2-4-16(21)25-13-6-5-11(28-27-26-24)10-12(13)18(22)23;1-13-10(15)6-4-3-5-7-14-11(16)8-9(18-2)12(14)17;1-12-9(14)5-3-2-4-8-13-10(15)6-7-11(13)16;2*1-2;;/h5-8,10,24H,1-4,9H2;9H,3-8H2,1-2H3,(H,13,15);6-7H,2-5,8H2,1H3,(H,12,14);2H2,1H3;2H,1H3;1H4;/q;;;;;;+1/p-2. The van der Waals surface area contributed by atoms with Gasteiger partial charge in [-0.15, -0.1) is 0 Å². The molecule has 0 saturated carbocycles. The molecule has 0 radical (unpaired) electrons. The van der Waals surface area contributed by atoms with E-state index in [0.29, 0.717) is 63.7 Å². The Morgan fingerprint density at radius 1 is 0.750 bits per heavy atom.